The van der Waals surface area contributed by atoms with Crippen LogP contribution in [0.3, 0.4) is 0 Å². The Hall–Kier alpha value is -2.24. The summed E-state index contributed by atoms with van der Waals surface area (Å²) in [4.78, 5) is 22.0. The largest absolute Gasteiger partial charge is 0.381 e. The Balaban J connectivity index is 1.34. The van der Waals surface area contributed by atoms with Crippen molar-refractivity contribution in [3.05, 3.63) is 65.5 Å². The number of amides is 1. The summed E-state index contributed by atoms with van der Waals surface area (Å²) in [5, 5.41) is 0. The summed E-state index contributed by atoms with van der Waals surface area (Å²) < 4.78 is 5.48. The first-order chi connectivity index (χ1) is 14.7. The zero-order valence-corrected chi connectivity index (χ0v) is 18.0. The molecular formula is C25H33N3O2. The second-order valence-electron chi connectivity index (χ2n) is 8.79. The molecule has 3 heterocycles. The molecule has 0 unspecified atom stereocenters. The highest BCUT2D eigenvalue weighted by Crippen LogP contribution is 2.24. The molecule has 1 amide bonds. The third-order valence-electron chi connectivity index (χ3n) is 6.53. The summed E-state index contributed by atoms with van der Waals surface area (Å²) in [7, 11) is 0. The fraction of sp³-hybridized carbons (Fsp3) is 0.520. The molecule has 2 aliphatic rings. The zero-order chi connectivity index (χ0) is 20.8. The van der Waals surface area contributed by atoms with E-state index in [9.17, 15) is 4.79 Å². The molecule has 2 aliphatic heterocycles. The molecule has 2 aromatic rings. The number of carbonyl (C=O) groups is 1. The first kappa shape index (κ1) is 21.0. The number of likely N-dealkylation sites (tertiary alicyclic amines) is 1. The Kier molecular flexibility index (Phi) is 7.13. The first-order valence-corrected chi connectivity index (χ1v) is 11.2. The van der Waals surface area contributed by atoms with E-state index >= 15 is 0 Å². The molecule has 0 radical (unpaired) electrons. The molecule has 5 heteroatoms. The summed E-state index contributed by atoms with van der Waals surface area (Å²) in [5.74, 6) is 0.822. The molecule has 0 N–H and O–H groups in total. The van der Waals surface area contributed by atoms with Gasteiger partial charge in [-0.1, -0.05) is 30.3 Å². The summed E-state index contributed by atoms with van der Waals surface area (Å²) >= 11 is 0. The normalized spacial score (nSPS) is 20.4. The number of hydrogen-bond acceptors (Lipinski definition) is 4. The van der Waals surface area contributed by atoms with E-state index in [1.165, 1.54) is 11.1 Å². The van der Waals surface area contributed by atoms with Gasteiger partial charge in [-0.25, -0.2) is 0 Å². The SMILES string of the molecule is Cc1ccccc1CN1CCC(CN(Cc2cccnc2)C(=O)[C@@H]2CCOC2)CC1. The van der Waals surface area contributed by atoms with Gasteiger partial charge in [-0.05, 0) is 68.0 Å². The van der Waals surface area contributed by atoms with Gasteiger partial charge in [-0.3, -0.25) is 14.7 Å². The number of aromatic nitrogens is 1. The van der Waals surface area contributed by atoms with Gasteiger partial charge in [-0.15, -0.1) is 0 Å². The van der Waals surface area contributed by atoms with Gasteiger partial charge < -0.3 is 9.64 Å². The smallest absolute Gasteiger partial charge is 0.228 e. The lowest BCUT2D eigenvalue weighted by Gasteiger charge is -2.36. The lowest BCUT2D eigenvalue weighted by Crippen LogP contribution is -2.42. The fourth-order valence-corrected chi connectivity index (χ4v) is 4.60. The van der Waals surface area contributed by atoms with Crippen molar-refractivity contribution < 1.29 is 9.53 Å². The Morgan fingerprint density at radius 3 is 2.70 bits per heavy atom. The van der Waals surface area contributed by atoms with Gasteiger partial charge >= 0.3 is 0 Å². The quantitative estimate of drug-likeness (QED) is 0.703. The van der Waals surface area contributed by atoms with Crippen molar-refractivity contribution in [2.45, 2.75) is 39.3 Å². The number of carbonyl (C=O) groups excluding carboxylic acids is 1. The number of nitrogens with zero attached hydrogens (tertiary/aromatic N) is 3. The zero-order valence-electron chi connectivity index (χ0n) is 18.0. The van der Waals surface area contributed by atoms with Crippen molar-refractivity contribution in [1.82, 2.24) is 14.8 Å². The standard InChI is InChI=1S/C25H33N3O2/c1-20-5-2-3-7-23(20)18-27-12-8-21(9-13-27)16-28(17-22-6-4-11-26-15-22)25(29)24-10-14-30-19-24/h2-7,11,15,21,24H,8-10,12-14,16-19H2,1H3/t24-/m1/s1. The van der Waals surface area contributed by atoms with E-state index in [2.05, 4.69) is 52.0 Å². The minimum atomic E-state index is 0.0165. The van der Waals surface area contributed by atoms with Crippen molar-refractivity contribution in [3.63, 3.8) is 0 Å². The van der Waals surface area contributed by atoms with Crippen molar-refractivity contribution in [2.75, 3.05) is 32.8 Å². The second-order valence-corrected chi connectivity index (χ2v) is 8.79. The number of piperidine rings is 1. The van der Waals surface area contributed by atoms with Crippen LogP contribution in [0.2, 0.25) is 0 Å². The van der Waals surface area contributed by atoms with Crippen molar-refractivity contribution in [2.24, 2.45) is 11.8 Å². The van der Waals surface area contributed by atoms with Crippen LogP contribution >= 0.6 is 0 Å². The van der Waals surface area contributed by atoms with E-state index in [1.54, 1.807) is 6.20 Å². The molecule has 0 spiro atoms. The van der Waals surface area contributed by atoms with Gasteiger partial charge in [0.1, 0.15) is 0 Å². The van der Waals surface area contributed by atoms with E-state index in [1.807, 2.05) is 12.3 Å². The van der Waals surface area contributed by atoms with Gasteiger partial charge in [0.25, 0.3) is 0 Å². The molecule has 160 valence electrons. The van der Waals surface area contributed by atoms with Crippen LogP contribution in [0, 0.1) is 18.8 Å². The Bertz CT molecular complexity index is 812. The van der Waals surface area contributed by atoms with Crippen molar-refractivity contribution in [3.8, 4) is 0 Å². The van der Waals surface area contributed by atoms with Gasteiger partial charge in [0.2, 0.25) is 5.91 Å². The van der Waals surface area contributed by atoms with Crippen LogP contribution in [0.25, 0.3) is 0 Å². The monoisotopic (exact) mass is 407 g/mol. The van der Waals surface area contributed by atoms with Gasteiger partial charge in [0.05, 0.1) is 12.5 Å². The summed E-state index contributed by atoms with van der Waals surface area (Å²) in [5.41, 5.74) is 3.89. The Morgan fingerprint density at radius 1 is 1.17 bits per heavy atom. The molecule has 0 saturated carbocycles. The van der Waals surface area contributed by atoms with Crippen LogP contribution < -0.4 is 0 Å². The van der Waals surface area contributed by atoms with Gasteiger partial charge in [0, 0.05) is 38.6 Å². The van der Waals surface area contributed by atoms with Gasteiger partial charge in [0.15, 0.2) is 0 Å². The second kappa shape index (κ2) is 10.2. The van der Waals surface area contributed by atoms with Crippen LogP contribution in [0.4, 0.5) is 0 Å². The van der Waals surface area contributed by atoms with Gasteiger partial charge in [-0.2, -0.15) is 0 Å². The highest BCUT2D eigenvalue weighted by atomic mass is 16.5. The van der Waals surface area contributed by atoms with E-state index in [4.69, 9.17) is 4.74 Å². The molecule has 0 bridgehead atoms. The topological polar surface area (TPSA) is 45.7 Å². The third kappa shape index (κ3) is 5.46. The minimum Gasteiger partial charge on any atom is -0.381 e. The first-order valence-electron chi connectivity index (χ1n) is 11.2. The molecule has 2 fully saturated rings. The van der Waals surface area contributed by atoms with Crippen LogP contribution in [0.15, 0.2) is 48.8 Å². The molecule has 1 aromatic carbocycles. The fourth-order valence-electron chi connectivity index (χ4n) is 4.60. The van der Waals surface area contributed by atoms with Crippen LogP contribution in [-0.4, -0.2) is 53.5 Å². The highest BCUT2D eigenvalue weighted by molar-refractivity contribution is 5.79. The van der Waals surface area contributed by atoms with Crippen LogP contribution in [0.1, 0.15) is 36.0 Å². The molecule has 5 nitrogen and oxygen atoms in total. The number of aryl methyl sites for hydroxylation is 1. The van der Waals surface area contributed by atoms with Crippen LogP contribution in [0.5, 0.6) is 0 Å². The summed E-state index contributed by atoms with van der Waals surface area (Å²) in [6.45, 7) is 8.16. The number of hydrogen-bond donors (Lipinski definition) is 0. The molecule has 0 aliphatic carbocycles. The average Bonchev–Trinajstić information content (AvgIpc) is 3.31. The van der Waals surface area contributed by atoms with E-state index in [0.29, 0.717) is 25.7 Å². The predicted molar refractivity (Wildman–Crippen MR) is 118 cm³/mol. The number of ether oxygens (including phenoxy) is 1. The number of pyridine rings is 1. The maximum absolute atomic E-state index is 13.2. The molecule has 1 aromatic heterocycles. The van der Waals surface area contributed by atoms with Crippen molar-refractivity contribution in [1.29, 1.82) is 0 Å². The molecular weight excluding hydrogens is 374 g/mol. The van der Waals surface area contributed by atoms with E-state index < -0.39 is 0 Å². The number of benzene rings is 1. The molecule has 2 saturated heterocycles. The summed E-state index contributed by atoms with van der Waals surface area (Å²) in [6, 6.07) is 12.7. The maximum atomic E-state index is 13.2. The minimum absolute atomic E-state index is 0.0165. The predicted octanol–water partition coefficient (Wildman–Crippen LogP) is 3.67. The highest BCUT2D eigenvalue weighted by Gasteiger charge is 2.30. The molecule has 4 rings (SSSR count). The lowest BCUT2D eigenvalue weighted by atomic mass is 9.94. The average molecular weight is 408 g/mol. The van der Waals surface area contributed by atoms with E-state index in [0.717, 1.165) is 51.0 Å². The Morgan fingerprint density at radius 2 is 2.00 bits per heavy atom. The third-order valence-corrected chi connectivity index (χ3v) is 6.53. The maximum Gasteiger partial charge on any atom is 0.228 e. The Labute approximate surface area is 180 Å². The summed E-state index contributed by atoms with van der Waals surface area (Å²) in [6.07, 6.45) is 6.78. The molecule has 1 atom stereocenters. The lowest BCUT2D eigenvalue weighted by molar-refractivity contribution is -0.137. The molecule has 30 heavy (non-hydrogen) atoms. The number of rotatable bonds is 7. The van der Waals surface area contributed by atoms with Crippen molar-refractivity contribution >= 4 is 5.91 Å². The van der Waals surface area contributed by atoms with Crippen LogP contribution in [-0.2, 0) is 22.6 Å². The van der Waals surface area contributed by atoms with E-state index in [-0.39, 0.29) is 11.8 Å².